The highest BCUT2D eigenvalue weighted by Crippen LogP contribution is 2.15. The number of piperidine rings is 1. The standard InChI is InChI=1S/C13H20N2O2/c1-11-2-6-15(7-3-11)8-5-14-13(16)12-4-9-17-10-12/h4,9-11H,2-3,5-8H2,1H3,(H,14,16). The molecule has 1 aromatic heterocycles. The molecule has 0 spiro atoms. The SMILES string of the molecule is CC1CCN(CCNC(=O)c2ccoc2)CC1. The Labute approximate surface area is 102 Å². The third-order valence-electron chi connectivity index (χ3n) is 3.37. The van der Waals surface area contributed by atoms with Gasteiger partial charge in [0.25, 0.3) is 5.91 Å². The Balaban J connectivity index is 1.64. The molecule has 0 bridgehead atoms. The Bertz CT molecular complexity index is 340. The second-order valence-electron chi connectivity index (χ2n) is 4.79. The number of nitrogens with zero attached hydrogens (tertiary/aromatic N) is 1. The molecule has 0 unspecified atom stereocenters. The molecule has 0 saturated carbocycles. The molecule has 4 nitrogen and oxygen atoms in total. The van der Waals surface area contributed by atoms with E-state index in [-0.39, 0.29) is 5.91 Å². The molecule has 1 aliphatic heterocycles. The van der Waals surface area contributed by atoms with Crippen LogP contribution in [0, 0.1) is 5.92 Å². The lowest BCUT2D eigenvalue weighted by atomic mass is 9.99. The van der Waals surface area contributed by atoms with Crippen LogP contribution in [0.1, 0.15) is 30.1 Å². The van der Waals surface area contributed by atoms with Gasteiger partial charge in [-0.2, -0.15) is 0 Å². The van der Waals surface area contributed by atoms with E-state index in [1.54, 1.807) is 6.07 Å². The second kappa shape index (κ2) is 5.87. The fraction of sp³-hybridized carbons (Fsp3) is 0.615. The number of furan rings is 1. The van der Waals surface area contributed by atoms with Crippen molar-refractivity contribution in [3.63, 3.8) is 0 Å². The van der Waals surface area contributed by atoms with Gasteiger partial charge in [0.1, 0.15) is 6.26 Å². The minimum atomic E-state index is -0.0517. The van der Waals surface area contributed by atoms with Gasteiger partial charge in [-0.15, -0.1) is 0 Å². The maximum absolute atomic E-state index is 11.6. The van der Waals surface area contributed by atoms with E-state index in [9.17, 15) is 4.79 Å². The zero-order valence-corrected chi connectivity index (χ0v) is 10.3. The van der Waals surface area contributed by atoms with E-state index in [0.29, 0.717) is 12.1 Å². The summed E-state index contributed by atoms with van der Waals surface area (Å²) in [6, 6.07) is 1.68. The summed E-state index contributed by atoms with van der Waals surface area (Å²) in [6.45, 7) is 6.26. The van der Waals surface area contributed by atoms with Gasteiger partial charge in [-0.1, -0.05) is 6.92 Å². The molecule has 1 amide bonds. The molecule has 1 aromatic rings. The van der Waals surface area contributed by atoms with Crippen molar-refractivity contribution in [1.82, 2.24) is 10.2 Å². The lowest BCUT2D eigenvalue weighted by Gasteiger charge is -2.30. The quantitative estimate of drug-likeness (QED) is 0.866. The fourth-order valence-corrected chi connectivity index (χ4v) is 2.11. The van der Waals surface area contributed by atoms with Crippen molar-refractivity contribution in [2.24, 2.45) is 5.92 Å². The predicted octanol–water partition coefficient (Wildman–Crippen LogP) is 1.74. The van der Waals surface area contributed by atoms with Crippen LogP contribution in [-0.4, -0.2) is 37.0 Å². The van der Waals surface area contributed by atoms with Crippen LogP contribution in [0.5, 0.6) is 0 Å². The average molecular weight is 236 g/mol. The van der Waals surface area contributed by atoms with E-state index in [0.717, 1.165) is 25.6 Å². The minimum Gasteiger partial charge on any atom is -0.472 e. The summed E-state index contributed by atoms with van der Waals surface area (Å²) in [4.78, 5) is 14.0. The van der Waals surface area contributed by atoms with Crippen LogP contribution in [-0.2, 0) is 0 Å². The van der Waals surface area contributed by atoms with Gasteiger partial charge in [-0.05, 0) is 37.9 Å². The first-order valence-electron chi connectivity index (χ1n) is 6.28. The molecule has 0 radical (unpaired) electrons. The van der Waals surface area contributed by atoms with Crippen molar-refractivity contribution in [3.8, 4) is 0 Å². The van der Waals surface area contributed by atoms with Crippen molar-refractivity contribution in [2.45, 2.75) is 19.8 Å². The smallest absolute Gasteiger partial charge is 0.254 e. The average Bonchev–Trinajstić information content (AvgIpc) is 2.85. The third kappa shape index (κ3) is 3.60. The molecule has 1 saturated heterocycles. The van der Waals surface area contributed by atoms with E-state index in [1.165, 1.54) is 25.4 Å². The fourth-order valence-electron chi connectivity index (χ4n) is 2.11. The van der Waals surface area contributed by atoms with Crippen molar-refractivity contribution in [1.29, 1.82) is 0 Å². The Morgan fingerprint density at radius 2 is 2.29 bits per heavy atom. The highest BCUT2D eigenvalue weighted by atomic mass is 16.3. The zero-order chi connectivity index (χ0) is 12.1. The molecule has 4 heteroatoms. The number of rotatable bonds is 4. The summed E-state index contributed by atoms with van der Waals surface area (Å²) in [6.07, 6.45) is 5.53. The van der Waals surface area contributed by atoms with Gasteiger partial charge in [0.15, 0.2) is 0 Å². The summed E-state index contributed by atoms with van der Waals surface area (Å²) in [7, 11) is 0. The summed E-state index contributed by atoms with van der Waals surface area (Å²) in [5.41, 5.74) is 0.595. The minimum absolute atomic E-state index is 0.0517. The maximum atomic E-state index is 11.6. The Morgan fingerprint density at radius 3 is 2.94 bits per heavy atom. The molecule has 0 atom stereocenters. The Hall–Kier alpha value is -1.29. The van der Waals surface area contributed by atoms with Crippen LogP contribution in [0.3, 0.4) is 0 Å². The van der Waals surface area contributed by atoms with E-state index in [2.05, 4.69) is 17.1 Å². The molecule has 1 aliphatic rings. The van der Waals surface area contributed by atoms with Crippen LogP contribution in [0.15, 0.2) is 23.0 Å². The number of nitrogens with one attached hydrogen (secondary N) is 1. The maximum Gasteiger partial charge on any atom is 0.254 e. The van der Waals surface area contributed by atoms with Gasteiger partial charge in [-0.25, -0.2) is 0 Å². The van der Waals surface area contributed by atoms with Crippen LogP contribution >= 0.6 is 0 Å². The van der Waals surface area contributed by atoms with E-state index >= 15 is 0 Å². The molecule has 17 heavy (non-hydrogen) atoms. The number of hydrogen-bond acceptors (Lipinski definition) is 3. The van der Waals surface area contributed by atoms with Gasteiger partial charge in [-0.3, -0.25) is 4.79 Å². The number of carbonyl (C=O) groups excluding carboxylic acids is 1. The molecule has 0 aromatic carbocycles. The molecule has 1 fully saturated rings. The normalized spacial score (nSPS) is 18.2. The van der Waals surface area contributed by atoms with Gasteiger partial charge in [0.05, 0.1) is 11.8 Å². The number of carbonyl (C=O) groups is 1. The summed E-state index contributed by atoms with van der Waals surface area (Å²) in [5, 5.41) is 2.90. The van der Waals surface area contributed by atoms with Crippen LogP contribution in [0.25, 0.3) is 0 Å². The first-order chi connectivity index (χ1) is 8.25. The van der Waals surface area contributed by atoms with Crippen LogP contribution in [0.4, 0.5) is 0 Å². The molecule has 94 valence electrons. The summed E-state index contributed by atoms with van der Waals surface area (Å²) in [5.74, 6) is 0.802. The van der Waals surface area contributed by atoms with Crippen LogP contribution in [0.2, 0.25) is 0 Å². The molecular weight excluding hydrogens is 216 g/mol. The van der Waals surface area contributed by atoms with Gasteiger partial charge >= 0.3 is 0 Å². The summed E-state index contributed by atoms with van der Waals surface area (Å²) < 4.78 is 4.87. The van der Waals surface area contributed by atoms with Crippen molar-refractivity contribution >= 4 is 5.91 Å². The van der Waals surface area contributed by atoms with Crippen molar-refractivity contribution < 1.29 is 9.21 Å². The van der Waals surface area contributed by atoms with E-state index < -0.39 is 0 Å². The zero-order valence-electron chi connectivity index (χ0n) is 10.3. The molecule has 2 rings (SSSR count). The lowest BCUT2D eigenvalue weighted by Crippen LogP contribution is -2.39. The highest BCUT2D eigenvalue weighted by molar-refractivity contribution is 5.93. The second-order valence-corrected chi connectivity index (χ2v) is 4.79. The van der Waals surface area contributed by atoms with Gasteiger partial charge < -0.3 is 14.6 Å². The van der Waals surface area contributed by atoms with Gasteiger partial charge in [0, 0.05) is 13.1 Å². The van der Waals surface area contributed by atoms with Gasteiger partial charge in [0.2, 0.25) is 0 Å². The highest BCUT2D eigenvalue weighted by Gasteiger charge is 2.15. The largest absolute Gasteiger partial charge is 0.472 e. The lowest BCUT2D eigenvalue weighted by molar-refractivity contribution is 0.0944. The third-order valence-corrected chi connectivity index (χ3v) is 3.37. The topological polar surface area (TPSA) is 45.5 Å². The van der Waals surface area contributed by atoms with E-state index in [4.69, 9.17) is 4.42 Å². The number of amides is 1. The first-order valence-corrected chi connectivity index (χ1v) is 6.28. The monoisotopic (exact) mass is 236 g/mol. The van der Waals surface area contributed by atoms with Crippen molar-refractivity contribution in [2.75, 3.05) is 26.2 Å². The first kappa shape index (κ1) is 12.2. The predicted molar refractivity (Wildman–Crippen MR) is 65.9 cm³/mol. The molecule has 1 N–H and O–H groups in total. The van der Waals surface area contributed by atoms with E-state index in [1.807, 2.05) is 0 Å². The Kier molecular flexibility index (Phi) is 4.20. The molecule has 0 aliphatic carbocycles. The molecular formula is C13H20N2O2. The van der Waals surface area contributed by atoms with Crippen LogP contribution < -0.4 is 5.32 Å². The summed E-state index contributed by atoms with van der Waals surface area (Å²) >= 11 is 0. The number of likely N-dealkylation sites (tertiary alicyclic amines) is 1. The molecule has 2 heterocycles. The van der Waals surface area contributed by atoms with Crippen molar-refractivity contribution in [3.05, 3.63) is 24.2 Å². The Morgan fingerprint density at radius 1 is 1.53 bits per heavy atom. The number of hydrogen-bond donors (Lipinski definition) is 1.